The Morgan fingerprint density at radius 3 is 2.33 bits per heavy atom. The first kappa shape index (κ1) is 33.1. The van der Waals surface area contributed by atoms with Crippen LogP contribution in [-0.4, -0.2) is 59.8 Å². The van der Waals surface area contributed by atoms with E-state index in [1.807, 2.05) is 38.7 Å². The number of piperidine rings is 1. The highest BCUT2D eigenvalue weighted by Gasteiger charge is 2.52. The molecule has 0 bridgehead atoms. The Balaban J connectivity index is 1.18. The van der Waals surface area contributed by atoms with Gasteiger partial charge in [0, 0.05) is 29.9 Å². The van der Waals surface area contributed by atoms with Crippen LogP contribution in [0.1, 0.15) is 70.2 Å². The summed E-state index contributed by atoms with van der Waals surface area (Å²) in [5.74, 6) is -0.759. The van der Waals surface area contributed by atoms with Crippen molar-refractivity contribution >= 4 is 41.3 Å². The van der Waals surface area contributed by atoms with Gasteiger partial charge in [0.1, 0.15) is 22.9 Å². The van der Waals surface area contributed by atoms with E-state index in [0.717, 1.165) is 25.0 Å². The highest BCUT2D eigenvalue weighted by Crippen LogP contribution is 2.40. The van der Waals surface area contributed by atoms with Crippen LogP contribution in [0.2, 0.25) is 0 Å². The molecule has 3 aliphatic heterocycles. The molecule has 3 aromatic rings. The van der Waals surface area contributed by atoms with Gasteiger partial charge in [-0.3, -0.25) is 9.79 Å². The molecule has 0 radical (unpaired) electrons. The number of benzene rings is 1. The summed E-state index contributed by atoms with van der Waals surface area (Å²) in [4.78, 5) is 24.2. The van der Waals surface area contributed by atoms with Crippen molar-refractivity contribution < 1.29 is 40.8 Å². The van der Waals surface area contributed by atoms with Gasteiger partial charge in [0.05, 0.1) is 34.5 Å². The van der Waals surface area contributed by atoms with Gasteiger partial charge < -0.3 is 24.3 Å². The zero-order valence-electron chi connectivity index (χ0n) is 26.8. The van der Waals surface area contributed by atoms with Crippen LogP contribution in [0.5, 0.6) is 0 Å². The zero-order chi connectivity index (χ0) is 34.2. The number of carbonyl (C=O) groups is 1. The van der Waals surface area contributed by atoms with Gasteiger partial charge in [0.2, 0.25) is 0 Å². The van der Waals surface area contributed by atoms with Gasteiger partial charge in [-0.15, -0.1) is 11.3 Å². The Labute approximate surface area is 278 Å². The molecule has 1 saturated carbocycles. The smallest absolute Gasteiger partial charge is 0.399 e. The van der Waals surface area contributed by atoms with Crippen LogP contribution in [0.4, 0.5) is 27.6 Å². The van der Waals surface area contributed by atoms with Crippen LogP contribution >= 0.6 is 11.3 Å². The third-order valence-electron chi connectivity index (χ3n) is 9.87. The fourth-order valence-electron chi connectivity index (χ4n) is 6.16. The Hall–Kier alpha value is -3.40. The molecule has 3 fully saturated rings. The molecular weight excluding hydrogens is 654 g/mol. The highest BCUT2D eigenvalue weighted by atomic mass is 32.1. The lowest BCUT2D eigenvalue weighted by Gasteiger charge is -2.38. The number of hydrogen-bond donors (Lipinski definition) is 1. The summed E-state index contributed by atoms with van der Waals surface area (Å²) in [5, 5.41) is 2.17. The minimum Gasteiger partial charge on any atom is -0.399 e. The van der Waals surface area contributed by atoms with E-state index in [2.05, 4.69) is 10.3 Å². The summed E-state index contributed by atoms with van der Waals surface area (Å²) in [7, 11) is -0.783. The van der Waals surface area contributed by atoms with Crippen LogP contribution in [0.3, 0.4) is 0 Å². The Kier molecular flexibility index (Phi) is 8.00. The lowest BCUT2D eigenvalue weighted by Crippen LogP contribution is -2.49. The number of ether oxygens (including phenoxy) is 1. The minimum atomic E-state index is -4.72. The molecular formula is C33H34BF5N4O4S. The minimum absolute atomic E-state index is 0.0748. The lowest BCUT2D eigenvalue weighted by molar-refractivity contribution is -0.141. The number of pyridine rings is 1. The number of aliphatic imine (C=N–C) groups is 1. The van der Waals surface area contributed by atoms with Crippen molar-refractivity contribution in [1.82, 2.24) is 10.3 Å². The molecule has 1 amide bonds. The number of aromatic nitrogens is 1. The van der Waals surface area contributed by atoms with E-state index in [1.54, 1.807) is 0 Å². The van der Waals surface area contributed by atoms with Gasteiger partial charge in [-0.05, 0) is 95.2 Å². The third-order valence-corrected chi connectivity index (χ3v) is 10.7. The fourth-order valence-corrected chi connectivity index (χ4v) is 6.89. The van der Waals surface area contributed by atoms with E-state index >= 15 is 4.39 Å². The quantitative estimate of drug-likeness (QED) is 0.242. The number of amides is 1. The molecule has 2 aromatic heterocycles. The number of thiophene rings is 1. The van der Waals surface area contributed by atoms with Crippen molar-refractivity contribution in [1.29, 1.82) is 0 Å². The monoisotopic (exact) mass is 688 g/mol. The molecule has 15 heteroatoms. The van der Waals surface area contributed by atoms with Crippen molar-refractivity contribution in [3.8, 4) is 10.6 Å². The number of anilines is 1. The summed E-state index contributed by atoms with van der Waals surface area (Å²) in [6.07, 6.45) is -2.24. The first-order valence-electron chi connectivity index (χ1n) is 15.9. The maximum absolute atomic E-state index is 15.8. The van der Waals surface area contributed by atoms with Gasteiger partial charge in [-0.2, -0.15) is 17.6 Å². The normalized spacial score (nSPS) is 21.6. The lowest BCUT2D eigenvalue weighted by atomic mass is 9.78. The van der Waals surface area contributed by atoms with Crippen LogP contribution in [0, 0.1) is 10.9 Å². The molecule has 0 unspecified atom stereocenters. The van der Waals surface area contributed by atoms with Gasteiger partial charge in [0.15, 0.2) is 5.13 Å². The molecule has 1 aliphatic carbocycles. The largest absolute Gasteiger partial charge is 0.495 e. The van der Waals surface area contributed by atoms with E-state index in [9.17, 15) is 22.4 Å². The molecule has 1 N–H and O–H groups in total. The Bertz CT molecular complexity index is 1780. The van der Waals surface area contributed by atoms with Crippen LogP contribution in [-0.2, 0) is 31.6 Å². The van der Waals surface area contributed by atoms with E-state index < -0.39 is 52.6 Å². The van der Waals surface area contributed by atoms with E-state index in [0.29, 0.717) is 41.1 Å². The topological polar surface area (TPSA) is 85.3 Å². The molecule has 1 aromatic carbocycles. The van der Waals surface area contributed by atoms with Gasteiger partial charge >= 0.3 is 13.3 Å². The second-order valence-corrected chi connectivity index (χ2v) is 14.8. The van der Waals surface area contributed by atoms with E-state index in [4.69, 9.17) is 19.0 Å². The number of amidine groups is 1. The molecule has 8 nitrogen and oxygen atoms in total. The number of nitrogens with one attached hydrogen (secondary N) is 1. The summed E-state index contributed by atoms with van der Waals surface area (Å²) in [6.45, 7) is 8.47. The number of halogens is 5. The van der Waals surface area contributed by atoms with Crippen molar-refractivity contribution in [3.05, 3.63) is 64.2 Å². The van der Waals surface area contributed by atoms with Crippen LogP contribution < -0.4 is 15.7 Å². The van der Waals surface area contributed by atoms with Crippen molar-refractivity contribution in [2.24, 2.45) is 4.99 Å². The van der Waals surface area contributed by atoms with Gasteiger partial charge in [-0.1, -0.05) is 0 Å². The summed E-state index contributed by atoms with van der Waals surface area (Å²) >= 11 is 0.651. The van der Waals surface area contributed by atoms with Gasteiger partial charge in [0.25, 0.3) is 5.91 Å². The SMILES string of the molecule is CC1(C)OB(c2cc(F)c(COC3CC3)c(N3CCC4(CC3)N=C(c3ccc(C(F)(F)F)nc3-c3ccc(F)s3)NC4=O)c2)OC1(C)C. The zero-order valence-corrected chi connectivity index (χ0v) is 27.7. The number of hydrogen-bond acceptors (Lipinski definition) is 8. The van der Waals surface area contributed by atoms with Crippen LogP contribution in [0.25, 0.3) is 10.6 Å². The molecule has 5 heterocycles. The van der Waals surface area contributed by atoms with Gasteiger partial charge in [-0.25, -0.2) is 9.37 Å². The maximum Gasteiger partial charge on any atom is 0.495 e. The summed E-state index contributed by atoms with van der Waals surface area (Å²) < 4.78 is 88.8. The molecule has 0 atom stereocenters. The van der Waals surface area contributed by atoms with Crippen LogP contribution in [0.15, 0.2) is 41.4 Å². The first-order valence-corrected chi connectivity index (χ1v) is 16.7. The number of nitrogens with zero attached hydrogens (tertiary/aromatic N) is 3. The Morgan fingerprint density at radius 2 is 1.73 bits per heavy atom. The molecule has 2 saturated heterocycles. The molecule has 4 aliphatic rings. The molecule has 1 spiro atoms. The van der Waals surface area contributed by atoms with E-state index in [1.165, 1.54) is 18.2 Å². The number of rotatable bonds is 7. The summed E-state index contributed by atoms with van der Waals surface area (Å²) in [5.41, 5.74) is -1.98. The third kappa shape index (κ3) is 6.03. The second-order valence-electron chi connectivity index (χ2n) is 13.7. The summed E-state index contributed by atoms with van der Waals surface area (Å²) in [6, 6.07) is 7.80. The standard InChI is InChI=1S/C33H34BF5N4O4S/c1-30(2)31(3,4)47-34(46-30)18-15-22(35)21(17-45-19-5-6-19)23(16-18)43-13-11-32(12-14-43)29(44)41-28(42-32)20-7-9-25(33(37,38)39)40-27(20)24-8-10-26(36)48-24/h7-10,15-16,19H,5-6,11-14,17H2,1-4H3,(H,41,42,44). The fraction of sp³-hybridized carbons (Fsp3) is 0.485. The predicted molar refractivity (Wildman–Crippen MR) is 171 cm³/mol. The highest BCUT2D eigenvalue weighted by molar-refractivity contribution is 7.13. The second kappa shape index (κ2) is 11.6. The average Bonchev–Trinajstić information content (AvgIpc) is 3.59. The van der Waals surface area contributed by atoms with E-state index in [-0.39, 0.29) is 47.5 Å². The maximum atomic E-state index is 15.8. The first-order chi connectivity index (χ1) is 22.6. The number of carbonyl (C=O) groups excluding carboxylic acids is 1. The van der Waals surface area contributed by atoms with Crippen molar-refractivity contribution in [3.63, 3.8) is 0 Å². The Morgan fingerprint density at radius 1 is 1.04 bits per heavy atom. The van der Waals surface area contributed by atoms with Crippen molar-refractivity contribution in [2.75, 3.05) is 18.0 Å². The molecule has 254 valence electrons. The predicted octanol–water partition coefficient (Wildman–Crippen LogP) is 6.00. The molecule has 48 heavy (non-hydrogen) atoms. The average molecular weight is 689 g/mol. The number of alkyl halides is 3. The molecule has 7 rings (SSSR count). The van der Waals surface area contributed by atoms with Crippen molar-refractivity contribution in [2.45, 2.75) is 89.0 Å².